The molecule has 0 aliphatic carbocycles. The molecule has 3 rings (SSSR count). The Morgan fingerprint density at radius 1 is 0.950 bits per heavy atom. The van der Waals surface area contributed by atoms with Crippen LogP contribution in [0.25, 0.3) is 0 Å². The number of anilines is 2. The van der Waals surface area contributed by atoms with E-state index < -0.39 is 0 Å². The number of hydrogen-bond donors (Lipinski definition) is 1. The first-order chi connectivity index (χ1) is 9.90. The third kappa shape index (κ3) is 3.59. The smallest absolute Gasteiger partial charge is 0.0594 e. The van der Waals surface area contributed by atoms with E-state index in [1.165, 1.54) is 5.56 Å². The maximum Gasteiger partial charge on any atom is 0.0594 e. The van der Waals surface area contributed by atoms with E-state index in [1.54, 1.807) is 0 Å². The Kier molecular flexibility index (Phi) is 4.31. The molecule has 1 fully saturated rings. The largest absolute Gasteiger partial charge is 0.379 e. The predicted molar refractivity (Wildman–Crippen MR) is 81.1 cm³/mol. The van der Waals surface area contributed by atoms with Crippen LogP contribution in [0.2, 0.25) is 0 Å². The normalized spacial score (nSPS) is 16.0. The number of rotatable bonds is 4. The Morgan fingerprint density at radius 2 is 1.60 bits per heavy atom. The van der Waals surface area contributed by atoms with E-state index in [0.29, 0.717) is 0 Å². The van der Waals surface area contributed by atoms with Crippen LogP contribution in [-0.4, -0.2) is 31.2 Å². The monoisotopic (exact) mass is 267 g/mol. The zero-order chi connectivity index (χ0) is 13.6. The summed E-state index contributed by atoms with van der Waals surface area (Å²) in [5.74, 6) is 0. The molecule has 0 saturated carbocycles. The fraction of sp³-hybridized carbons (Fsp3) is 0.294. The van der Waals surface area contributed by atoms with Gasteiger partial charge in [-0.1, -0.05) is 24.3 Å². The van der Waals surface area contributed by atoms with Crippen LogP contribution >= 0.6 is 0 Å². The topological polar surface area (TPSA) is 24.5 Å². The van der Waals surface area contributed by atoms with Gasteiger partial charge < -0.3 is 10.1 Å². The molecule has 20 heavy (non-hydrogen) atoms. The molecule has 0 spiro atoms. The van der Waals surface area contributed by atoms with E-state index in [0.717, 1.165) is 44.2 Å². The molecule has 1 radical (unpaired) electrons. The summed E-state index contributed by atoms with van der Waals surface area (Å²) in [4.78, 5) is 2.43. The molecule has 2 aromatic rings. The second kappa shape index (κ2) is 6.55. The second-order valence-corrected chi connectivity index (χ2v) is 5.00. The lowest BCUT2D eigenvalue weighted by molar-refractivity contribution is 0.0342. The van der Waals surface area contributed by atoms with E-state index in [4.69, 9.17) is 4.74 Å². The van der Waals surface area contributed by atoms with Gasteiger partial charge >= 0.3 is 0 Å². The molecule has 0 amide bonds. The molecule has 0 unspecified atom stereocenters. The minimum absolute atomic E-state index is 0.852. The lowest BCUT2D eigenvalue weighted by Crippen LogP contribution is -2.35. The summed E-state index contributed by atoms with van der Waals surface area (Å²) in [5.41, 5.74) is 3.55. The predicted octanol–water partition coefficient (Wildman–Crippen LogP) is 3.06. The van der Waals surface area contributed by atoms with Gasteiger partial charge in [0.2, 0.25) is 0 Å². The van der Waals surface area contributed by atoms with Gasteiger partial charge in [0, 0.05) is 31.0 Å². The van der Waals surface area contributed by atoms with Crippen LogP contribution in [0.5, 0.6) is 0 Å². The standard InChI is InChI=1S/C17H19N2O/c1-2-4-16(5-3-1)18-17-8-6-15(7-9-17)14-19-10-12-20-13-11-19/h2-9,18H,10-14H2. The average molecular weight is 267 g/mol. The minimum atomic E-state index is 0.852. The minimum Gasteiger partial charge on any atom is -0.379 e. The Morgan fingerprint density at radius 3 is 2.30 bits per heavy atom. The van der Waals surface area contributed by atoms with Crippen LogP contribution in [0.1, 0.15) is 5.56 Å². The van der Waals surface area contributed by atoms with Gasteiger partial charge in [0.25, 0.3) is 0 Å². The molecule has 0 bridgehead atoms. The van der Waals surface area contributed by atoms with Crippen LogP contribution < -0.4 is 5.32 Å². The quantitative estimate of drug-likeness (QED) is 0.921. The van der Waals surface area contributed by atoms with E-state index in [-0.39, 0.29) is 0 Å². The van der Waals surface area contributed by atoms with E-state index in [2.05, 4.69) is 40.5 Å². The highest BCUT2D eigenvalue weighted by Crippen LogP contribution is 2.17. The maximum atomic E-state index is 5.37. The SMILES string of the molecule is [c]1ccc(Nc2ccc(CN3CCOCC3)cc2)cc1. The van der Waals surface area contributed by atoms with Gasteiger partial charge in [-0.2, -0.15) is 0 Å². The first kappa shape index (κ1) is 13.2. The Labute approximate surface area is 120 Å². The molecule has 1 aliphatic rings. The van der Waals surface area contributed by atoms with Gasteiger partial charge in [0.1, 0.15) is 0 Å². The lowest BCUT2D eigenvalue weighted by atomic mass is 10.2. The second-order valence-electron chi connectivity index (χ2n) is 5.00. The molecule has 2 aromatic carbocycles. The highest BCUT2D eigenvalue weighted by Gasteiger charge is 2.10. The third-order valence-corrected chi connectivity index (χ3v) is 3.47. The van der Waals surface area contributed by atoms with Crippen LogP contribution in [0.3, 0.4) is 0 Å². The molecule has 1 aliphatic heterocycles. The third-order valence-electron chi connectivity index (χ3n) is 3.47. The fourth-order valence-electron chi connectivity index (χ4n) is 2.35. The number of nitrogens with zero attached hydrogens (tertiary/aromatic N) is 1. The summed E-state index contributed by atoms with van der Waals surface area (Å²) < 4.78 is 5.37. The summed E-state index contributed by atoms with van der Waals surface area (Å²) in [6, 6.07) is 19.5. The van der Waals surface area contributed by atoms with Crippen molar-refractivity contribution in [1.29, 1.82) is 0 Å². The summed E-state index contributed by atoms with van der Waals surface area (Å²) in [6.07, 6.45) is 0. The zero-order valence-electron chi connectivity index (χ0n) is 11.5. The average Bonchev–Trinajstić information content (AvgIpc) is 2.51. The molecule has 1 saturated heterocycles. The van der Waals surface area contributed by atoms with E-state index >= 15 is 0 Å². The number of ether oxygens (including phenoxy) is 1. The summed E-state index contributed by atoms with van der Waals surface area (Å²) >= 11 is 0. The molecule has 0 atom stereocenters. The van der Waals surface area contributed by atoms with Crippen molar-refractivity contribution in [2.45, 2.75) is 6.54 Å². The van der Waals surface area contributed by atoms with Gasteiger partial charge in [-0.05, 0) is 35.9 Å². The number of nitrogens with one attached hydrogen (secondary N) is 1. The highest BCUT2D eigenvalue weighted by atomic mass is 16.5. The molecule has 0 aromatic heterocycles. The number of morpholine rings is 1. The Bertz CT molecular complexity index is 518. The Balaban J connectivity index is 1.59. The zero-order valence-corrected chi connectivity index (χ0v) is 11.5. The van der Waals surface area contributed by atoms with Gasteiger partial charge in [-0.25, -0.2) is 0 Å². The van der Waals surface area contributed by atoms with Crippen LogP contribution in [0.15, 0.2) is 48.5 Å². The van der Waals surface area contributed by atoms with Gasteiger partial charge in [-0.15, -0.1) is 0 Å². The highest BCUT2D eigenvalue weighted by molar-refractivity contribution is 5.59. The fourth-order valence-corrected chi connectivity index (χ4v) is 2.35. The van der Waals surface area contributed by atoms with E-state index in [1.807, 2.05) is 24.3 Å². The summed E-state index contributed by atoms with van der Waals surface area (Å²) in [6.45, 7) is 4.76. The van der Waals surface area contributed by atoms with Crippen molar-refractivity contribution >= 4 is 11.4 Å². The van der Waals surface area contributed by atoms with Crippen molar-refractivity contribution in [3.8, 4) is 0 Å². The van der Waals surface area contributed by atoms with Crippen molar-refractivity contribution in [3.63, 3.8) is 0 Å². The van der Waals surface area contributed by atoms with Crippen molar-refractivity contribution in [3.05, 3.63) is 60.2 Å². The molecule has 3 nitrogen and oxygen atoms in total. The van der Waals surface area contributed by atoms with Crippen molar-refractivity contribution in [1.82, 2.24) is 4.90 Å². The van der Waals surface area contributed by atoms with Crippen molar-refractivity contribution in [2.75, 3.05) is 31.6 Å². The molecule has 1 heterocycles. The lowest BCUT2D eigenvalue weighted by Gasteiger charge is -2.26. The molecular formula is C17H19N2O. The number of benzene rings is 2. The van der Waals surface area contributed by atoms with Crippen molar-refractivity contribution in [2.24, 2.45) is 0 Å². The molecule has 3 heteroatoms. The van der Waals surface area contributed by atoms with Crippen molar-refractivity contribution < 1.29 is 4.74 Å². The Hall–Kier alpha value is -1.84. The first-order valence-corrected chi connectivity index (χ1v) is 7.02. The maximum absolute atomic E-state index is 5.37. The first-order valence-electron chi connectivity index (χ1n) is 7.02. The van der Waals surface area contributed by atoms with Gasteiger partial charge in [-0.3, -0.25) is 4.90 Å². The van der Waals surface area contributed by atoms with E-state index in [9.17, 15) is 0 Å². The molecular weight excluding hydrogens is 248 g/mol. The van der Waals surface area contributed by atoms with Gasteiger partial charge in [0.05, 0.1) is 13.2 Å². The molecule has 1 N–H and O–H groups in total. The molecule has 103 valence electrons. The number of hydrogen-bond acceptors (Lipinski definition) is 3. The van der Waals surface area contributed by atoms with Crippen LogP contribution in [0.4, 0.5) is 11.4 Å². The summed E-state index contributed by atoms with van der Waals surface area (Å²) in [7, 11) is 0. The van der Waals surface area contributed by atoms with Crippen LogP contribution in [0, 0.1) is 6.07 Å². The van der Waals surface area contributed by atoms with Gasteiger partial charge in [0.15, 0.2) is 0 Å². The summed E-state index contributed by atoms with van der Waals surface area (Å²) in [5, 5.41) is 3.38. The van der Waals surface area contributed by atoms with Crippen LogP contribution in [-0.2, 0) is 11.3 Å².